The van der Waals surface area contributed by atoms with Crippen molar-refractivity contribution in [1.29, 1.82) is 0 Å². The predicted octanol–water partition coefficient (Wildman–Crippen LogP) is 1.87. The van der Waals surface area contributed by atoms with Crippen molar-refractivity contribution in [2.75, 3.05) is 17.2 Å². The molecule has 3 rings (SSSR count). The van der Waals surface area contributed by atoms with E-state index in [1.54, 1.807) is 4.90 Å². The van der Waals surface area contributed by atoms with E-state index in [9.17, 15) is 14.5 Å². The van der Waals surface area contributed by atoms with E-state index >= 15 is 0 Å². The molecule has 0 amide bonds. The van der Waals surface area contributed by atoms with Crippen molar-refractivity contribution in [2.45, 2.75) is 13.0 Å². The second kappa shape index (κ2) is 4.48. The van der Waals surface area contributed by atoms with Gasteiger partial charge in [0, 0.05) is 19.0 Å². The number of hydrogen-bond acceptors (Lipinski definition) is 6. The van der Waals surface area contributed by atoms with Gasteiger partial charge in [0.1, 0.15) is 0 Å². The second-order valence-electron chi connectivity index (χ2n) is 4.54. The van der Waals surface area contributed by atoms with Crippen LogP contribution >= 0.6 is 0 Å². The highest BCUT2D eigenvalue weighted by Crippen LogP contribution is 2.30. The number of non-ortho nitro benzene ring substituents is 1. The molecule has 20 heavy (non-hydrogen) atoms. The van der Waals surface area contributed by atoms with Crippen molar-refractivity contribution >= 4 is 17.3 Å². The first kappa shape index (κ1) is 12.4. The van der Waals surface area contributed by atoms with E-state index in [0.29, 0.717) is 25.2 Å². The Hall–Kier alpha value is -2.64. The van der Waals surface area contributed by atoms with E-state index in [1.165, 1.54) is 12.1 Å². The molecule has 0 atom stereocenters. The first-order chi connectivity index (χ1) is 9.56. The molecule has 104 valence electrons. The Morgan fingerprint density at radius 2 is 2.30 bits per heavy atom. The van der Waals surface area contributed by atoms with Crippen LogP contribution in [0.1, 0.15) is 11.3 Å². The number of nitrogens with two attached hydrogens (primary N) is 1. The van der Waals surface area contributed by atoms with Crippen molar-refractivity contribution in [2.24, 2.45) is 0 Å². The molecular weight excluding hydrogens is 267 g/mol. The molecule has 2 aromatic rings. The van der Waals surface area contributed by atoms with Crippen molar-refractivity contribution in [3.8, 4) is 0 Å². The molecule has 0 fully saturated rings. The highest BCUT2D eigenvalue weighted by Gasteiger charge is 2.25. The molecule has 1 aromatic heterocycles. The number of nitro benzene ring substituents is 1. The largest absolute Gasteiger partial charge is 0.367 e. The molecule has 8 heteroatoms. The number of fused-ring (bicyclic) bond motifs is 1. The fourth-order valence-electron chi connectivity index (χ4n) is 2.30. The highest BCUT2D eigenvalue weighted by molar-refractivity contribution is 5.55. The van der Waals surface area contributed by atoms with Gasteiger partial charge in [0.05, 0.1) is 34.5 Å². The summed E-state index contributed by atoms with van der Waals surface area (Å²) >= 11 is 0. The molecule has 0 saturated carbocycles. The number of nitrogen functional groups attached to an aromatic ring is 1. The molecule has 7 nitrogen and oxygen atoms in total. The van der Waals surface area contributed by atoms with E-state index in [4.69, 9.17) is 10.3 Å². The molecule has 0 spiro atoms. The lowest BCUT2D eigenvalue weighted by atomic mass is 10.1. The summed E-state index contributed by atoms with van der Waals surface area (Å²) in [5.74, 6) is -0.398. The summed E-state index contributed by atoms with van der Waals surface area (Å²) in [7, 11) is 0. The Morgan fingerprint density at radius 1 is 1.50 bits per heavy atom. The average molecular weight is 278 g/mol. The number of hydrogen-bond donors (Lipinski definition) is 1. The van der Waals surface area contributed by atoms with Crippen LogP contribution in [0.25, 0.3) is 0 Å². The van der Waals surface area contributed by atoms with Crippen molar-refractivity contribution < 1.29 is 13.8 Å². The van der Waals surface area contributed by atoms with Crippen LogP contribution in [0, 0.1) is 15.9 Å². The fourth-order valence-corrected chi connectivity index (χ4v) is 2.30. The Balaban J connectivity index is 1.91. The molecular formula is C12H11FN4O3. The summed E-state index contributed by atoms with van der Waals surface area (Å²) in [5.41, 5.74) is 7.23. The third-order valence-corrected chi connectivity index (χ3v) is 3.35. The van der Waals surface area contributed by atoms with E-state index in [2.05, 4.69) is 5.16 Å². The van der Waals surface area contributed by atoms with Gasteiger partial charge < -0.3 is 15.2 Å². The molecule has 0 radical (unpaired) electrons. The van der Waals surface area contributed by atoms with Crippen LogP contribution in [0.15, 0.2) is 22.7 Å². The van der Waals surface area contributed by atoms with Crippen LogP contribution in [-0.2, 0) is 13.0 Å². The highest BCUT2D eigenvalue weighted by atomic mass is 19.1. The lowest BCUT2D eigenvalue weighted by molar-refractivity contribution is -0.385. The number of nitro groups is 1. The van der Waals surface area contributed by atoms with Gasteiger partial charge in [-0.2, -0.15) is 0 Å². The summed E-state index contributed by atoms with van der Waals surface area (Å²) < 4.78 is 18.9. The van der Waals surface area contributed by atoms with Gasteiger partial charge in [-0.3, -0.25) is 10.1 Å². The molecule has 0 bridgehead atoms. The zero-order valence-electron chi connectivity index (χ0n) is 10.4. The van der Waals surface area contributed by atoms with Crippen LogP contribution in [0.3, 0.4) is 0 Å². The lowest BCUT2D eigenvalue weighted by Crippen LogP contribution is -2.31. The van der Waals surface area contributed by atoms with Crippen molar-refractivity contribution in [3.05, 3.63) is 45.4 Å². The maximum absolute atomic E-state index is 14.0. The number of aromatic nitrogens is 1. The standard InChI is InChI=1S/C12H11FN4O3/c13-9-5-7(17(18)19)1-2-11(9)16-4-3-10-8(6-16)12(14)20-15-10/h1-2,5H,3-4,6,14H2. The third-order valence-electron chi connectivity index (χ3n) is 3.35. The molecule has 1 aliphatic heterocycles. The van der Waals surface area contributed by atoms with Gasteiger partial charge in [-0.05, 0) is 6.07 Å². The Kier molecular flexibility index (Phi) is 2.78. The molecule has 0 saturated heterocycles. The molecule has 0 aliphatic carbocycles. The van der Waals surface area contributed by atoms with E-state index < -0.39 is 10.7 Å². The fraction of sp³-hybridized carbons (Fsp3) is 0.250. The van der Waals surface area contributed by atoms with Crippen LogP contribution in [0.2, 0.25) is 0 Å². The van der Waals surface area contributed by atoms with E-state index in [0.717, 1.165) is 17.3 Å². The monoisotopic (exact) mass is 278 g/mol. The van der Waals surface area contributed by atoms with Crippen molar-refractivity contribution in [3.63, 3.8) is 0 Å². The SMILES string of the molecule is Nc1onc2c1CN(c1ccc([N+](=O)[O-])cc1F)CC2. The number of benzene rings is 1. The summed E-state index contributed by atoms with van der Waals surface area (Å²) in [6.07, 6.45) is 0.590. The predicted molar refractivity (Wildman–Crippen MR) is 68.7 cm³/mol. The van der Waals surface area contributed by atoms with Gasteiger partial charge in [-0.15, -0.1) is 0 Å². The number of nitrogens with zero attached hydrogens (tertiary/aromatic N) is 3. The van der Waals surface area contributed by atoms with Gasteiger partial charge >= 0.3 is 0 Å². The van der Waals surface area contributed by atoms with Gasteiger partial charge in [0.15, 0.2) is 5.82 Å². The first-order valence-corrected chi connectivity index (χ1v) is 5.98. The summed E-state index contributed by atoms with van der Waals surface area (Å²) in [6, 6.07) is 3.61. The normalized spacial score (nSPS) is 14.2. The Bertz CT molecular complexity index is 685. The van der Waals surface area contributed by atoms with Gasteiger partial charge in [-0.1, -0.05) is 5.16 Å². The van der Waals surface area contributed by atoms with Gasteiger partial charge in [0.2, 0.25) is 5.88 Å². The zero-order chi connectivity index (χ0) is 14.3. The van der Waals surface area contributed by atoms with Crippen LogP contribution in [0.5, 0.6) is 0 Å². The maximum atomic E-state index is 14.0. The Morgan fingerprint density at radius 3 is 3.00 bits per heavy atom. The topological polar surface area (TPSA) is 98.4 Å². The minimum Gasteiger partial charge on any atom is -0.367 e. The molecule has 1 aliphatic rings. The smallest absolute Gasteiger partial charge is 0.272 e. The number of rotatable bonds is 2. The minimum atomic E-state index is -0.627. The minimum absolute atomic E-state index is 0.229. The Labute approximate surface area is 112 Å². The first-order valence-electron chi connectivity index (χ1n) is 5.98. The quantitative estimate of drug-likeness (QED) is 0.665. The number of halogens is 1. The third kappa shape index (κ3) is 1.94. The van der Waals surface area contributed by atoms with E-state index in [1.807, 2.05) is 0 Å². The van der Waals surface area contributed by atoms with Crippen LogP contribution < -0.4 is 10.6 Å². The lowest BCUT2D eigenvalue weighted by Gasteiger charge is -2.28. The van der Waals surface area contributed by atoms with Gasteiger partial charge in [-0.25, -0.2) is 4.39 Å². The van der Waals surface area contributed by atoms with E-state index in [-0.39, 0.29) is 11.6 Å². The van der Waals surface area contributed by atoms with Crippen LogP contribution in [-0.4, -0.2) is 16.6 Å². The molecule has 2 N–H and O–H groups in total. The number of anilines is 2. The van der Waals surface area contributed by atoms with Crippen LogP contribution in [0.4, 0.5) is 21.6 Å². The zero-order valence-corrected chi connectivity index (χ0v) is 10.4. The average Bonchev–Trinajstić information content (AvgIpc) is 2.80. The molecule has 2 heterocycles. The summed E-state index contributed by atoms with van der Waals surface area (Å²) in [6.45, 7) is 0.924. The summed E-state index contributed by atoms with van der Waals surface area (Å²) in [5, 5.41) is 14.4. The van der Waals surface area contributed by atoms with Crippen molar-refractivity contribution in [1.82, 2.24) is 5.16 Å². The second-order valence-corrected chi connectivity index (χ2v) is 4.54. The maximum Gasteiger partial charge on any atom is 0.272 e. The molecule has 0 unspecified atom stereocenters. The molecule has 1 aromatic carbocycles. The summed E-state index contributed by atoms with van der Waals surface area (Å²) in [4.78, 5) is 11.7. The van der Waals surface area contributed by atoms with Gasteiger partial charge in [0.25, 0.3) is 5.69 Å².